The summed E-state index contributed by atoms with van der Waals surface area (Å²) >= 11 is 0. The first kappa shape index (κ1) is 66.9. The van der Waals surface area contributed by atoms with Crippen molar-refractivity contribution in [3.8, 4) is 0 Å². The van der Waals surface area contributed by atoms with Gasteiger partial charge in [0.05, 0.1) is 51.3 Å². The number of carbonyl (C=O) groups is 4. The first-order valence-corrected chi connectivity index (χ1v) is 25.6. The van der Waals surface area contributed by atoms with Crippen LogP contribution in [0.25, 0.3) is 0 Å². The second kappa shape index (κ2) is 28.3. The van der Waals surface area contributed by atoms with E-state index in [1.807, 2.05) is 0 Å². The number of amides is 3. The van der Waals surface area contributed by atoms with Gasteiger partial charge in [-0.25, -0.2) is 4.79 Å². The average molecular weight is 1190 g/mol. The second-order valence-electron chi connectivity index (χ2n) is 20.5. The van der Waals surface area contributed by atoms with Crippen molar-refractivity contribution in [3.63, 3.8) is 0 Å². The zero-order chi connectivity index (χ0) is 60.3. The SMILES string of the molecule is CC(=O)N[C@H]1[C@H](OC[C@H]2O[C@H](O)[C@@H](O[C@@H]3O[C@H](CO)[C@@H](O[C@@H]4O[C@H](CO[C@]5(C(=O)O)C[C@H](O)[C@@H](NC(C)=O)[C@H]([C@H](O)[C@H](O)CO)O5)[C@H](O)[C@H](O)[C@H]4O)[C@H](O[C@@H]4O[C@@H](C)[C@@H](O)[C@@H](O)[C@@H]4O)[C@H]3NC(C)=O)[C@@H](O)[C@@H]2O)O[C@H](CO)[C@@H](O)[C@@H]1O. The van der Waals surface area contributed by atoms with Crippen molar-refractivity contribution in [2.75, 3.05) is 33.0 Å². The van der Waals surface area contributed by atoms with Gasteiger partial charge in [-0.3, -0.25) is 14.4 Å². The van der Waals surface area contributed by atoms with Crippen LogP contribution >= 0.6 is 0 Å². The molecule has 6 saturated heterocycles. The number of aliphatic hydroxyl groups excluding tert-OH is 17. The van der Waals surface area contributed by atoms with Gasteiger partial charge in [0.2, 0.25) is 17.7 Å². The predicted octanol–water partition coefficient (Wildman–Crippen LogP) is -13.4. The molecule has 0 bridgehead atoms. The van der Waals surface area contributed by atoms with E-state index < -0.39 is 253 Å². The Morgan fingerprint density at radius 1 is 0.531 bits per heavy atom. The van der Waals surface area contributed by atoms with Gasteiger partial charge in [0, 0.05) is 27.2 Å². The lowest BCUT2D eigenvalue weighted by Gasteiger charge is -2.51. The number of hydrogen-bond acceptors (Lipinski definition) is 32. The van der Waals surface area contributed by atoms with E-state index in [0.717, 1.165) is 20.8 Å². The Hall–Kier alpha value is -3.24. The van der Waals surface area contributed by atoms with E-state index >= 15 is 0 Å². The minimum absolute atomic E-state index is 0.702. The molecular formula is C45H75N3O33. The van der Waals surface area contributed by atoms with Crippen LogP contribution in [0.3, 0.4) is 0 Å². The Kier molecular flexibility index (Phi) is 23.4. The van der Waals surface area contributed by atoms with Gasteiger partial charge in [-0.15, -0.1) is 0 Å². The molecule has 0 unspecified atom stereocenters. The van der Waals surface area contributed by atoms with Gasteiger partial charge in [0.1, 0.15) is 134 Å². The van der Waals surface area contributed by atoms with Gasteiger partial charge in [0.25, 0.3) is 5.79 Å². The maximum atomic E-state index is 13.0. The topological polar surface area (TPSA) is 570 Å². The second-order valence-corrected chi connectivity index (χ2v) is 20.5. The molecule has 36 nitrogen and oxygen atoms in total. The molecule has 36 heteroatoms. The first-order valence-electron chi connectivity index (χ1n) is 25.6. The number of aliphatic carboxylic acids is 1. The fourth-order valence-corrected chi connectivity index (χ4v) is 10.1. The largest absolute Gasteiger partial charge is 0.477 e. The lowest BCUT2D eigenvalue weighted by atomic mass is 9.88. The summed E-state index contributed by atoms with van der Waals surface area (Å²) in [6.07, 6.45) is -54.1. The summed E-state index contributed by atoms with van der Waals surface area (Å²) in [5, 5.41) is 201. The van der Waals surface area contributed by atoms with E-state index in [1.54, 1.807) is 0 Å². The van der Waals surface area contributed by atoms with Crippen molar-refractivity contribution in [1.82, 2.24) is 16.0 Å². The van der Waals surface area contributed by atoms with Crippen LogP contribution in [0.5, 0.6) is 0 Å². The third-order valence-electron chi connectivity index (χ3n) is 14.6. The smallest absolute Gasteiger partial charge is 0.364 e. The number of ether oxygens (including phenoxy) is 11. The number of carboxylic acids is 1. The van der Waals surface area contributed by atoms with Crippen molar-refractivity contribution in [2.45, 2.75) is 224 Å². The number of nitrogens with one attached hydrogen (secondary N) is 3. The van der Waals surface area contributed by atoms with Crippen LogP contribution in [0.15, 0.2) is 0 Å². The molecule has 6 heterocycles. The van der Waals surface area contributed by atoms with Crippen LogP contribution in [0.2, 0.25) is 0 Å². The minimum Gasteiger partial charge on any atom is -0.477 e. The maximum Gasteiger partial charge on any atom is 0.364 e. The molecule has 0 aromatic rings. The zero-order valence-corrected chi connectivity index (χ0v) is 43.7. The van der Waals surface area contributed by atoms with E-state index in [-0.39, 0.29) is 0 Å². The molecule has 0 radical (unpaired) electrons. The van der Waals surface area contributed by atoms with Gasteiger partial charge in [-0.2, -0.15) is 0 Å². The maximum absolute atomic E-state index is 13.0. The highest BCUT2D eigenvalue weighted by Crippen LogP contribution is 2.38. The fourth-order valence-electron chi connectivity index (χ4n) is 10.1. The summed E-state index contributed by atoms with van der Waals surface area (Å²) < 4.78 is 63.5. The molecule has 81 heavy (non-hydrogen) atoms. The van der Waals surface area contributed by atoms with Crippen LogP contribution in [0.4, 0.5) is 0 Å². The highest BCUT2D eigenvalue weighted by molar-refractivity contribution is 5.77. The van der Waals surface area contributed by atoms with E-state index in [2.05, 4.69) is 16.0 Å². The predicted molar refractivity (Wildman–Crippen MR) is 250 cm³/mol. The number of rotatable bonds is 21. The minimum atomic E-state index is -3.03. The lowest BCUT2D eigenvalue weighted by Crippen LogP contribution is -2.71. The lowest BCUT2D eigenvalue weighted by molar-refractivity contribution is -0.390. The summed E-state index contributed by atoms with van der Waals surface area (Å²) in [6.45, 7) is -0.736. The van der Waals surface area contributed by atoms with Gasteiger partial charge in [-0.1, -0.05) is 0 Å². The summed E-state index contributed by atoms with van der Waals surface area (Å²) in [6, 6.07) is -4.96. The van der Waals surface area contributed by atoms with Crippen LogP contribution in [0, 0.1) is 0 Å². The fraction of sp³-hybridized carbons (Fsp3) is 0.911. The Balaban J connectivity index is 1.27. The number of hydrogen-bond donors (Lipinski definition) is 21. The number of aliphatic hydroxyl groups is 17. The third kappa shape index (κ3) is 14.9. The highest BCUT2D eigenvalue weighted by Gasteiger charge is 2.60. The average Bonchev–Trinajstić information content (AvgIpc) is 3.59. The van der Waals surface area contributed by atoms with Crippen molar-refractivity contribution in [3.05, 3.63) is 0 Å². The number of carbonyl (C=O) groups excluding carboxylic acids is 3. The standard InChI is InChI=1S/C45H75N3O33/c1-11-24(57)30(63)33(66)42(73-11)79-37-23(48-14(4)54)41(80-38-32(65)28(61)19(74-39(38)68)9-71-40-22(47-13(3)53)29(62)26(59)17(7-50)75-40)76-18(8-51)35(37)78-43-34(67)31(64)27(60)20(77-43)10-72-45(44(69)70)5-15(55)21(46-12(2)52)36(81-45)25(58)16(56)6-49/h11,15-43,49-51,55-68H,5-10H2,1-4H3,(H,46,52)(H,47,53)(H,48,54)(H,69,70)/t11-,15-,16+,17+,18+,19+,20+,21+,22+,23+,24+,25+,26+,27-,28+,29+,30+,31-,32-,33-,34+,35+,36+,37+,38-,39-,40+,41-,42-,43-,45+/m0/s1. The Morgan fingerprint density at radius 2 is 1.02 bits per heavy atom. The molecule has 3 amide bonds. The summed E-state index contributed by atoms with van der Waals surface area (Å²) in [7, 11) is 0. The molecule has 6 aliphatic heterocycles. The normalized spacial score (nSPS) is 46.7. The molecule has 31 atom stereocenters. The van der Waals surface area contributed by atoms with E-state index in [0.29, 0.717) is 0 Å². The van der Waals surface area contributed by atoms with E-state index in [9.17, 15) is 111 Å². The van der Waals surface area contributed by atoms with Crippen LogP contribution in [-0.2, 0) is 71.3 Å². The molecule has 6 aliphatic rings. The Bertz CT molecular complexity index is 2080. The van der Waals surface area contributed by atoms with Crippen molar-refractivity contribution in [2.24, 2.45) is 0 Å². The van der Waals surface area contributed by atoms with Crippen molar-refractivity contribution < 1.29 is 163 Å². The molecule has 0 aromatic carbocycles. The Morgan fingerprint density at radius 3 is 1.60 bits per heavy atom. The molecule has 0 saturated carbocycles. The van der Waals surface area contributed by atoms with Crippen molar-refractivity contribution >= 4 is 23.7 Å². The molecule has 21 N–H and O–H groups in total. The van der Waals surface area contributed by atoms with Crippen LogP contribution in [0.1, 0.15) is 34.1 Å². The molecule has 468 valence electrons. The quantitative estimate of drug-likeness (QED) is 0.0507. The van der Waals surface area contributed by atoms with Crippen LogP contribution < -0.4 is 16.0 Å². The summed E-state index contributed by atoms with van der Waals surface area (Å²) in [5.41, 5.74) is 0. The highest BCUT2D eigenvalue weighted by atomic mass is 16.8. The van der Waals surface area contributed by atoms with Gasteiger partial charge < -0.3 is 160 Å². The molecule has 0 spiro atoms. The molecule has 0 aliphatic carbocycles. The Labute approximate surface area is 459 Å². The van der Waals surface area contributed by atoms with E-state index in [1.165, 1.54) is 6.92 Å². The van der Waals surface area contributed by atoms with Crippen molar-refractivity contribution in [1.29, 1.82) is 0 Å². The zero-order valence-electron chi connectivity index (χ0n) is 43.7. The van der Waals surface area contributed by atoms with Crippen LogP contribution in [-0.4, -0.2) is 338 Å². The van der Waals surface area contributed by atoms with Gasteiger partial charge >= 0.3 is 5.97 Å². The van der Waals surface area contributed by atoms with E-state index in [4.69, 9.17) is 52.1 Å². The van der Waals surface area contributed by atoms with Gasteiger partial charge in [-0.05, 0) is 6.92 Å². The van der Waals surface area contributed by atoms with Gasteiger partial charge in [0.15, 0.2) is 31.5 Å². The first-order chi connectivity index (χ1) is 38.0. The number of carboxylic acid groups (broad SMARTS) is 1. The monoisotopic (exact) mass is 1190 g/mol. The summed E-state index contributed by atoms with van der Waals surface area (Å²) in [5.74, 6) is -7.45. The summed E-state index contributed by atoms with van der Waals surface area (Å²) in [4.78, 5) is 49.9. The molecule has 6 fully saturated rings. The molecular weight excluding hydrogens is 1110 g/mol. The molecule has 6 rings (SSSR count). The molecule has 0 aromatic heterocycles. The third-order valence-corrected chi connectivity index (χ3v) is 14.6.